The van der Waals surface area contributed by atoms with Crippen molar-refractivity contribution in [1.82, 2.24) is 0 Å². The molecule has 0 radical (unpaired) electrons. The molecule has 0 bridgehead atoms. The highest BCUT2D eigenvalue weighted by Gasteiger charge is 2.54. The van der Waals surface area contributed by atoms with E-state index in [2.05, 4.69) is 0 Å². The molecule has 2 aromatic rings. The van der Waals surface area contributed by atoms with Crippen molar-refractivity contribution in [3.8, 4) is 5.75 Å². The first-order valence-electron chi connectivity index (χ1n) is 7.84. The molecule has 132 valence electrons. The van der Waals surface area contributed by atoms with Crippen LogP contribution in [0.15, 0.2) is 53.4 Å². The first-order chi connectivity index (χ1) is 11.9. The van der Waals surface area contributed by atoms with E-state index < -0.39 is 20.6 Å². The van der Waals surface area contributed by atoms with E-state index in [1.165, 1.54) is 18.2 Å². The van der Waals surface area contributed by atoms with Crippen LogP contribution in [0.25, 0.3) is 0 Å². The van der Waals surface area contributed by atoms with Gasteiger partial charge in [-0.05, 0) is 37.1 Å². The minimum absolute atomic E-state index is 0.0636. The zero-order valence-corrected chi connectivity index (χ0v) is 15.6. The Kier molecular flexibility index (Phi) is 5.09. The van der Waals surface area contributed by atoms with Gasteiger partial charge in [-0.15, -0.1) is 0 Å². The lowest BCUT2D eigenvalue weighted by atomic mass is 10.1. The topological polar surface area (TPSA) is 60.4 Å². The van der Waals surface area contributed by atoms with Crippen LogP contribution in [0, 0.1) is 0 Å². The average Bonchev–Trinajstić information content (AvgIpc) is 3.11. The second-order valence-electron chi connectivity index (χ2n) is 5.96. The molecular formula is C18H16Cl2O4S. The number of hydrogen-bond acceptors (Lipinski definition) is 4. The molecule has 0 heterocycles. The minimum Gasteiger partial charge on any atom is -0.424 e. The quantitative estimate of drug-likeness (QED) is 0.553. The fraction of sp³-hybridized carbons (Fsp3) is 0.278. The van der Waals surface area contributed by atoms with Crippen LogP contribution in [0.5, 0.6) is 5.75 Å². The normalized spacial score (nSPS) is 16.6. The number of halogens is 2. The molecule has 25 heavy (non-hydrogen) atoms. The first-order valence-corrected chi connectivity index (χ1v) is 10.1. The largest absolute Gasteiger partial charge is 0.424 e. The van der Waals surface area contributed by atoms with E-state index in [0.29, 0.717) is 12.8 Å². The highest BCUT2D eigenvalue weighted by atomic mass is 35.5. The molecule has 0 amide bonds. The number of benzene rings is 2. The number of rotatable bonds is 4. The van der Waals surface area contributed by atoms with E-state index in [4.69, 9.17) is 27.9 Å². The van der Waals surface area contributed by atoms with Gasteiger partial charge in [0.1, 0.15) is 5.02 Å². The van der Waals surface area contributed by atoms with Crippen molar-refractivity contribution < 1.29 is 17.9 Å². The predicted molar refractivity (Wildman–Crippen MR) is 96.9 cm³/mol. The van der Waals surface area contributed by atoms with Gasteiger partial charge in [0, 0.05) is 0 Å². The zero-order chi connectivity index (χ0) is 18.1. The SMILES string of the molecule is O=C(Oc1cccc(Cl)c1Cl)C1(S(=O)(=O)c2ccccc2)CCCC1. The second-order valence-corrected chi connectivity index (χ2v) is 9.00. The van der Waals surface area contributed by atoms with E-state index in [1.807, 2.05) is 0 Å². The third-order valence-corrected chi connectivity index (χ3v) is 7.77. The van der Waals surface area contributed by atoms with Crippen LogP contribution < -0.4 is 4.74 Å². The van der Waals surface area contributed by atoms with Crippen molar-refractivity contribution in [2.45, 2.75) is 35.3 Å². The van der Waals surface area contributed by atoms with Gasteiger partial charge in [-0.1, -0.05) is 60.3 Å². The maximum Gasteiger partial charge on any atom is 0.333 e. The number of hydrogen-bond donors (Lipinski definition) is 0. The predicted octanol–water partition coefficient (Wildman–Crippen LogP) is 4.69. The Labute approximate surface area is 156 Å². The van der Waals surface area contributed by atoms with Gasteiger partial charge in [-0.25, -0.2) is 13.2 Å². The average molecular weight is 399 g/mol. The van der Waals surface area contributed by atoms with Gasteiger partial charge in [0.2, 0.25) is 0 Å². The summed E-state index contributed by atoms with van der Waals surface area (Å²) >= 11 is 12.0. The number of ether oxygens (including phenoxy) is 1. The maximum atomic E-state index is 13.2. The van der Waals surface area contributed by atoms with Crippen LogP contribution in [-0.2, 0) is 14.6 Å². The molecule has 2 aromatic carbocycles. The lowest BCUT2D eigenvalue weighted by molar-refractivity contribution is -0.137. The van der Waals surface area contributed by atoms with Crippen molar-refractivity contribution in [1.29, 1.82) is 0 Å². The Bertz CT molecular complexity index is 889. The van der Waals surface area contributed by atoms with Gasteiger partial charge in [-0.2, -0.15) is 0 Å². The number of esters is 1. The van der Waals surface area contributed by atoms with Crippen molar-refractivity contribution in [3.63, 3.8) is 0 Å². The number of carbonyl (C=O) groups excluding carboxylic acids is 1. The van der Waals surface area contributed by atoms with E-state index in [0.717, 1.165) is 0 Å². The number of carbonyl (C=O) groups is 1. The van der Waals surface area contributed by atoms with Gasteiger partial charge in [0.25, 0.3) is 0 Å². The molecule has 1 aliphatic rings. The van der Waals surface area contributed by atoms with Crippen molar-refractivity contribution >= 4 is 39.0 Å². The molecule has 1 saturated carbocycles. The van der Waals surface area contributed by atoms with Gasteiger partial charge in [0.05, 0.1) is 9.92 Å². The molecule has 0 aliphatic heterocycles. The summed E-state index contributed by atoms with van der Waals surface area (Å²) in [4.78, 5) is 13.0. The molecule has 4 nitrogen and oxygen atoms in total. The number of sulfone groups is 1. The molecule has 0 N–H and O–H groups in total. The van der Waals surface area contributed by atoms with Crippen LogP contribution in [0.2, 0.25) is 10.0 Å². The fourth-order valence-corrected chi connectivity index (χ4v) is 5.49. The molecule has 0 atom stereocenters. The smallest absolute Gasteiger partial charge is 0.333 e. The Balaban J connectivity index is 2.01. The Morgan fingerprint density at radius 3 is 2.24 bits per heavy atom. The van der Waals surface area contributed by atoms with Gasteiger partial charge < -0.3 is 4.74 Å². The highest BCUT2D eigenvalue weighted by molar-refractivity contribution is 7.93. The summed E-state index contributed by atoms with van der Waals surface area (Å²) in [5.74, 6) is -0.744. The van der Waals surface area contributed by atoms with Crippen molar-refractivity contribution in [2.24, 2.45) is 0 Å². The summed E-state index contributed by atoms with van der Waals surface area (Å²) in [5.41, 5.74) is 0. The third kappa shape index (κ3) is 3.16. The Morgan fingerprint density at radius 1 is 0.960 bits per heavy atom. The fourth-order valence-electron chi connectivity index (χ4n) is 3.11. The van der Waals surface area contributed by atoms with E-state index in [9.17, 15) is 13.2 Å². The molecule has 3 rings (SSSR count). The first kappa shape index (κ1) is 18.2. The van der Waals surface area contributed by atoms with Gasteiger partial charge in [0.15, 0.2) is 20.3 Å². The standard InChI is InChI=1S/C18H16Cl2O4S/c19-14-9-6-10-15(16(14)20)24-17(21)18(11-4-5-12-18)25(22,23)13-7-2-1-3-8-13/h1-3,6-10H,4-5,11-12H2. The van der Waals surface area contributed by atoms with Crippen molar-refractivity contribution in [2.75, 3.05) is 0 Å². The molecule has 0 saturated heterocycles. The molecule has 1 fully saturated rings. The summed E-state index contributed by atoms with van der Waals surface area (Å²) in [5, 5.41) is 0.320. The van der Waals surface area contributed by atoms with Crippen LogP contribution in [0.4, 0.5) is 0 Å². The zero-order valence-electron chi connectivity index (χ0n) is 13.2. The maximum absolute atomic E-state index is 13.2. The highest BCUT2D eigenvalue weighted by Crippen LogP contribution is 2.42. The van der Waals surface area contributed by atoms with Gasteiger partial charge >= 0.3 is 5.97 Å². The summed E-state index contributed by atoms with van der Waals surface area (Å²) < 4.78 is 30.1. The Hall–Kier alpha value is -1.56. The summed E-state index contributed by atoms with van der Waals surface area (Å²) in [6, 6.07) is 12.6. The Morgan fingerprint density at radius 2 is 1.60 bits per heavy atom. The van der Waals surface area contributed by atoms with E-state index in [-0.39, 0.29) is 33.5 Å². The van der Waals surface area contributed by atoms with Crippen LogP contribution in [-0.4, -0.2) is 19.1 Å². The molecule has 1 aliphatic carbocycles. The van der Waals surface area contributed by atoms with Gasteiger partial charge in [-0.3, -0.25) is 0 Å². The van der Waals surface area contributed by atoms with Crippen molar-refractivity contribution in [3.05, 3.63) is 58.6 Å². The monoisotopic (exact) mass is 398 g/mol. The summed E-state index contributed by atoms with van der Waals surface area (Å²) in [7, 11) is -3.89. The van der Waals surface area contributed by atoms with E-state index >= 15 is 0 Å². The third-order valence-electron chi connectivity index (χ3n) is 4.47. The molecule has 7 heteroatoms. The molecular weight excluding hydrogens is 383 g/mol. The molecule has 0 aromatic heterocycles. The lowest BCUT2D eigenvalue weighted by Gasteiger charge is -2.26. The van der Waals surface area contributed by atoms with Crippen LogP contribution in [0.3, 0.4) is 0 Å². The lowest BCUT2D eigenvalue weighted by Crippen LogP contribution is -2.46. The van der Waals surface area contributed by atoms with E-state index in [1.54, 1.807) is 30.3 Å². The molecule has 0 unspecified atom stereocenters. The van der Waals surface area contributed by atoms with Crippen LogP contribution in [0.1, 0.15) is 25.7 Å². The van der Waals surface area contributed by atoms with Crippen LogP contribution >= 0.6 is 23.2 Å². The summed E-state index contributed by atoms with van der Waals surface area (Å²) in [6.45, 7) is 0. The minimum atomic E-state index is -3.89. The summed E-state index contributed by atoms with van der Waals surface area (Å²) in [6.07, 6.45) is 1.73. The molecule has 0 spiro atoms. The second kappa shape index (κ2) is 6.98.